The van der Waals surface area contributed by atoms with E-state index in [1.165, 1.54) is 0 Å². The number of nitrogens with zero attached hydrogens (tertiary/aromatic N) is 1. The molecule has 0 N–H and O–H groups in total. The van der Waals surface area contributed by atoms with Gasteiger partial charge in [-0.3, -0.25) is 0 Å². The Labute approximate surface area is 62.2 Å². The van der Waals surface area contributed by atoms with Crippen LogP contribution in [0.3, 0.4) is 0 Å². The molecule has 0 amide bonds. The number of hydrogen-bond donors (Lipinski definition) is 0. The minimum absolute atomic E-state index is 0.468. The molecule has 0 aromatic carbocycles. The molecular weight excluding hydrogens is 129 g/mol. The van der Waals surface area contributed by atoms with E-state index in [-0.39, 0.29) is 0 Å². The summed E-state index contributed by atoms with van der Waals surface area (Å²) in [5.41, 5.74) is 0. The largest absolute Gasteiger partial charge is 0.300 e. The Bertz CT molecular complexity index is 114. The van der Waals surface area contributed by atoms with Gasteiger partial charge in [0.1, 0.15) is 6.17 Å². The quantitative estimate of drug-likeness (QED) is 0.542. The molecule has 1 rings (SSSR count). The highest BCUT2D eigenvalue weighted by Crippen LogP contribution is 2.23. The van der Waals surface area contributed by atoms with E-state index in [2.05, 4.69) is 18.7 Å². The molecule has 0 saturated carbocycles. The zero-order valence-electron chi connectivity index (χ0n) is 6.97. The van der Waals surface area contributed by atoms with Crippen LogP contribution in [0.4, 0.5) is 4.39 Å². The Morgan fingerprint density at radius 3 is 2.30 bits per heavy atom. The lowest BCUT2D eigenvalue weighted by atomic mass is 10.0. The molecule has 1 unspecified atom stereocenters. The normalized spacial score (nSPS) is 35.7. The third kappa shape index (κ3) is 1.48. The summed E-state index contributed by atoms with van der Waals surface area (Å²) >= 11 is 0. The van der Waals surface area contributed by atoms with Crippen molar-refractivity contribution in [3.8, 4) is 0 Å². The summed E-state index contributed by atoms with van der Waals surface area (Å²) in [7, 11) is 2.00. The van der Waals surface area contributed by atoms with Crippen LogP contribution in [-0.2, 0) is 0 Å². The maximum atomic E-state index is 12.7. The average Bonchev–Trinajstić information content (AvgIpc) is 2.10. The second kappa shape index (κ2) is 2.87. The first kappa shape index (κ1) is 7.99. The molecule has 0 aromatic heterocycles. The molecule has 2 heteroatoms. The Hall–Kier alpha value is -0.110. The molecule has 1 aliphatic heterocycles. The van der Waals surface area contributed by atoms with Crippen LogP contribution >= 0.6 is 0 Å². The summed E-state index contributed by atoms with van der Waals surface area (Å²) in [6.45, 7) is 4.93. The minimum atomic E-state index is -0.586. The standard InChI is InChI=1S/C8H16FN/c1-6(2)8-4-7(9)5-10(8)3/h6-8H,4-5H2,1-3H3/t7-,8?/m1/s1. The molecule has 1 aliphatic rings. The van der Waals surface area contributed by atoms with E-state index < -0.39 is 6.17 Å². The topological polar surface area (TPSA) is 3.24 Å². The summed E-state index contributed by atoms with van der Waals surface area (Å²) in [5, 5.41) is 0. The van der Waals surface area contributed by atoms with E-state index in [4.69, 9.17) is 0 Å². The van der Waals surface area contributed by atoms with Crippen LogP contribution in [0.25, 0.3) is 0 Å². The Kier molecular flexibility index (Phi) is 2.29. The van der Waals surface area contributed by atoms with Gasteiger partial charge in [0, 0.05) is 12.6 Å². The molecule has 1 heterocycles. The Balaban J connectivity index is 2.46. The molecule has 0 spiro atoms. The van der Waals surface area contributed by atoms with Crippen molar-refractivity contribution in [3.63, 3.8) is 0 Å². The minimum Gasteiger partial charge on any atom is -0.300 e. The molecule has 1 nitrogen and oxygen atoms in total. The van der Waals surface area contributed by atoms with E-state index in [1.807, 2.05) is 7.05 Å². The number of hydrogen-bond acceptors (Lipinski definition) is 1. The maximum absolute atomic E-state index is 12.7. The predicted octanol–water partition coefficient (Wildman–Crippen LogP) is 1.68. The van der Waals surface area contributed by atoms with Crippen LogP contribution < -0.4 is 0 Å². The fourth-order valence-corrected chi connectivity index (χ4v) is 1.75. The average molecular weight is 145 g/mol. The lowest BCUT2D eigenvalue weighted by Gasteiger charge is -2.22. The van der Waals surface area contributed by atoms with E-state index in [9.17, 15) is 4.39 Å². The van der Waals surface area contributed by atoms with Crippen molar-refractivity contribution in [1.29, 1.82) is 0 Å². The van der Waals surface area contributed by atoms with Crippen LogP contribution in [0.1, 0.15) is 20.3 Å². The van der Waals surface area contributed by atoms with Gasteiger partial charge in [0.25, 0.3) is 0 Å². The fourth-order valence-electron chi connectivity index (χ4n) is 1.75. The first-order valence-corrected chi connectivity index (χ1v) is 3.95. The highest BCUT2D eigenvalue weighted by molar-refractivity contribution is 4.84. The van der Waals surface area contributed by atoms with Gasteiger partial charge in [0.2, 0.25) is 0 Å². The summed E-state index contributed by atoms with van der Waals surface area (Å²) in [6.07, 6.45) is 0.145. The molecule has 2 atom stereocenters. The highest BCUT2D eigenvalue weighted by atomic mass is 19.1. The van der Waals surface area contributed by atoms with E-state index in [0.29, 0.717) is 18.5 Å². The van der Waals surface area contributed by atoms with E-state index >= 15 is 0 Å². The van der Waals surface area contributed by atoms with Crippen molar-refractivity contribution in [2.24, 2.45) is 5.92 Å². The molecule has 0 radical (unpaired) electrons. The van der Waals surface area contributed by atoms with Gasteiger partial charge in [-0.1, -0.05) is 13.8 Å². The Morgan fingerprint density at radius 2 is 2.10 bits per heavy atom. The lowest BCUT2D eigenvalue weighted by molar-refractivity contribution is 0.248. The number of likely N-dealkylation sites (tertiary alicyclic amines) is 1. The van der Waals surface area contributed by atoms with E-state index in [0.717, 1.165) is 6.42 Å². The second-order valence-electron chi connectivity index (χ2n) is 3.58. The second-order valence-corrected chi connectivity index (χ2v) is 3.58. The first-order chi connectivity index (χ1) is 4.61. The summed E-state index contributed by atoms with van der Waals surface area (Å²) in [6, 6.07) is 0.468. The fraction of sp³-hybridized carbons (Fsp3) is 1.00. The molecule has 0 aliphatic carbocycles. The van der Waals surface area contributed by atoms with Gasteiger partial charge in [-0.05, 0) is 19.4 Å². The Morgan fingerprint density at radius 1 is 1.50 bits per heavy atom. The number of alkyl halides is 1. The van der Waals surface area contributed by atoms with Gasteiger partial charge < -0.3 is 4.90 Å². The van der Waals surface area contributed by atoms with Crippen molar-refractivity contribution in [2.45, 2.75) is 32.5 Å². The summed E-state index contributed by atoms with van der Waals surface area (Å²) in [5.74, 6) is 0.589. The number of halogens is 1. The zero-order chi connectivity index (χ0) is 7.72. The van der Waals surface area contributed by atoms with Gasteiger partial charge in [-0.25, -0.2) is 4.39 Å². The van der Waals surface area contributed by atoms with Crippen LogP contribution in [0.2, 0.25) is 0 Å². The smallest absolute Gasteiger partial charge is 0.114 e. The summed E-state index contributed by atoms with van der Waals surface area (Å²) < 4.78 is 12.7. The predicted molar refractivity (Wildman–Crippen MR) is 40.8 cm³/mol. The van der Waals surface area contributed by atoms with Gasteiger partial charge in [-0.2, -0.15) is 0 Å². The molecule has 0 aromatic rings. The van der Waals surface area contributed by atoms with Crippen LogP contribution in [0, 0.1) is 5.92 Å². The van der Waals surface area contributed by atoms with Gasteiger partial charge in [0.15, 0.2) is 0 Å². The third-order valence-electron chi connectivity index (χ3n) is 2.32. The van der Waals surface area contributed by atoms with Crippen molar-refractivity contribution >= 4 is 0 Å². The van der Waals surface area contributed by atoms with Crippen LogP contribution in [0.5, 0.6) is 0 Å². The van der Waals surface area contributed by atoms with E-state index in [1.54, 1.807) is 0 Å². The summed E-state index contributed by atoms with van der Waals surface area (Å²) in [4.78, 5) is 2.12. The highest BCUT2D eigenvalue weighted by Gasteiger charge is 2.30. The van der Waals surface area contributed by atoms with Gasteiger partial charge in [-0.15, -0.1) is 0 Å². The molecule has 1 saturated heterocycles. The van der Waals surface area contributed by atoms with Gasteiger partial charge in [0.05, 0.1) is 0 Å². The lowest BCUT2D eigenvalue weighted by Crippen LogP contribution is -2.29. The SMILES string of the molecule is CC(C)C1C[C@@H](F)CN1C. The van der Waals surface area contributed by atoms with Crippen molar-refractivity contribution < 1.29 is 4.39 Å². The molecular formula is C8H16FN. The van der Waals surface area contributed by atoms with Crippen LogP contribution in [-0.4, -0.2) is 30.7 Å². The third-order valence-corrected chi connectivity index (χ3v) is 2.32. The number of rotatable bonds is 1. The molecule has 60 valence electrons. The van der Waals surface area contributed by atoms with Crippen molar-refractivity contribution in [2.75, 3.05) is 13.6 Å². The van der Waals surface area contributed by atoms with Crippen molar-refractivity contribution in [3.05, 3.63) is 0 Å². The molecule has 10 heavy (non-hydrogen) atoms. The van der Waals surface area contributed by atoms with Crippen molar-refractivity contribution in [1.82, 2.24) is 4.90 Å². The first-order valence-electron chi connectivity index (χ1n) is 3.95. The zero-order valence-corrected chi connectivity index (χ0v) is 6.97. The molecule has 1 fully saturated rings. The molecule has 0 bridgehead atoms. The maximum Gasteiger partial charge on any atom is 0.114 e. The van der Waals surface area contributed by atoms with Crippen LogP contribution in [0.15, 0.2) is 0 Å². The van der Waals surface area contributed by atoms with Gasteiger partial charge >= 0.3 is 0 Å². The monoisotopic (exact) mass is 145 g/mol.